The molecule has 3 heteroatoms. The van der Waals surface area contributed by atoms with Crippen molar-refractivity contribution in [3.05, 3.63) is 41.4 Å². The standard InChI is InChI=1S/C17H21N3/c1-3-19-16-6-4-5-12(16)9-13-11-20-17-8-7-14(18-2)10-15(13)17/h7-8,10-12,16,19-20H,3-6,9H2,1H3. The lowest BCUT2D eigenvalue weighted by Gasteiger charge is -2.20. The molecule has 1 saturated carbocycles. The average molecular weight is 267 g/mol. The zero-order valence-corrected chi connectivity index (χ0v) is 11.9. The number of hydrogen-bond acceptors (Lipinski definition) is 1. The maximum absolute atomic E-state index is 7.16. The fourth-order valence-corrected chi connectivity index (χ4v) is 3.50. The van der Waals surface area contributed by atoms with Crippen LogP contribution in [0.1, 0.15) is 31.7 Å². The van der Waals surface area contributed by atoms with Gasteiger partial charge in [0.05, 0.1) is 6.57 Å². The van der Waals surface area contributed by atoms with Crippen molar-refractivity contribution in [3.8, 4) is 0 Å². The van der Waals surface area contributed by atoms with Crippen molar-refractivity contribution in [2.24, 2.45) is 5.92 Å². The predicted octanol–water partition coefficient (Wildman–Crippen LogP) is 4.04. The van der Waals surface area contributed by atoms with E-state index in [2.05, 4.69) is 28.3 Å². The number of aromatic nitrogens is 1. The molecule has 1 fully saturated rings. The van der Waals surface area contributed by atoms with Gasteiger partial charge in [0.2, 0.25) is 0 Å². The third kappa shape index (κ3) is 2.44. The smallest absolute Gasteiger partial charge is 0.187 e. The minimum atomic E-state index is 0.661. The van der Waals surface area contributed by atoms with Crippen molar-refractivity contribution < 1.29 is 0 Å². The molecule has 104 valence electrons. The maximum atomic E-state index is 7.16. The first-order valence-corrected chi connectivity index (χ1v) is 7.52. The molecule has 2 aromatic rings. The number of rotatable bonds is 4. The van der Waals surface area contributed by atoms with E-state index < -0.39 is 0 Å². The first-order valence-electron chi connectivity index (χ1n) is 7.52. The van der Waals surface area contributed by atoms with E-state index in [1.165, 1.54) is 30.2 Å². The van der Waals surface area contributed by atoms with Gasteiger partial charge in [-0.3, -0.25) is 0 Å². The van der Waals surface area contributed by atoms with Crippen LogP contribution in [0.5, 0.6) is 0 Å². The van der Waals surface area contributed by atoms with E-state index in [9.17, 15) is 0 Å². The van der Waals surface area contributed by atoms with Gasteiger partial charge in [-0.1, -0.05) is 19.4 Å². The van der Waals surface area contributed by atoms with Crippen LogP contribution in [0, 0.1) is 12.5 Å². The number of aromatic amines is 1. The molecule has 2 unspecified atom stereocenters. The van der Waals surface area contributed by atoms with E-state index in [-0.39, 0.29) is 0 Å². The molecular formula is C17H21N3. The first kappa shape index (κ1) is 13.2. The fraction of sp³-hybridized carbons (Fsp3) is 0.471. The Bertz CT molecular complexity index is 635. The van der Waals surface area contributed by atoms with Gasteiger partial charge in [-0.25, -0.2) is 4.85 Å². The summed E-state index contributed by atoms with van der Waals surface area (Å²) >= 11 is 0. The summed E-state index contributed by atoms with van der Waals surface area (Å²) in [5.41, 5.74) is 3.23. The number of benzene rings is 1. The van der Waals surface area contributed by atoms with E-state index in [0.717, 1.165) is 30.1 Å². The second-order valence-electron chi connectivity index (χ2n) is 5.71. The highest BCUT2D eigenvalue weighted by molar-refractivity contribution is 5.86. The lowest BCUT2D eigenvalue weighted by molar-refractivity contribution is 0.407. The van der Waals surface area contributed by atoms with Gasteiger partial charge in [-0.15, -0.1) is 0 Å². The van der Waals surface area contributed by atoms with E-state index >= 15 is 0 Å². The molecule has 0 aliphatic heterocycles. The molecule has 0 saturated heterocycles. The van der Waals surface area contributed by atoms with Crippen molar-refractivity contribution in [2.75, 3.05) is 6.54 Å². The van der Waals surface area contributed by atoms with Crippen molar-refractivity contribution >= 4 is 16.6 Å². The van der Waals surface area contributed by atoms with E-state index in [1.807, 2.05) is 18.2 Å². The van der Waals surface area contributed by atoms with Crippen LogP contribution in [-0.2, 0) is 6.42 Å². The predicted molar refractivity (Wildman–Crippen MR) is 83.1 cm³/mol. The summed E-state index contributed by atoms with van der Waals surface area (Å²) in [6, 6.07) is 6.58. The summed E-state index contributed by atoms with van der Waals surface area (Å²) in [4.78, 5) is 6.88. The summed E-state index contributed by atoms with van der Waals surface area (Å²) in [5, 5.41) is 4.84. The molecule has 1 heterocycles. The maximum Gasteiger partial charge on any atom is 0.187 e. The summed E-state index contributed by atoms with van der Waals surface area (Å²) in [6.45, 7) is 10.4. The van der Waals surface area contributed by atoms with Gasteiger partial charge in [0, 0.05) is 17.8 Å². The topological polar surface area (TPSA) is 32.2 Å². The lowest BCUT2D eigenvalue weighted by atomic mass is 9.94. The van der Waals surface area contributed by atoms with Crippen molar-refractivity contribution in [2.45, 2.75) is 38.6 Å². The molecule has 0 spiro atoms. The number of nitrogens with one attached hydrogen (secondary N) is 2. The van der Waals surface area contributed by atoms with Crippen LogP contribution in [0.25, 0.3) is 15.7 Å². The van der Waals surface area contributed by atoms with Crippen molar-refractivity contribution in [3.63, 3.8) is 0 Å². The molecule has 0 bridgehead atoms. The summed E-state index contributed by atoms with van der Waals surface area (Å²) in [7, 11) is 0. The Morgan fingerprint density at radius 2 is 2.30 bits per heavy atom. The molecule has 3 rings (SSSR count). The SMILES string of the molecule is [C-]#[N+]c1ccc2[nH]cc(CC3CCCC3NCC)c2c1. The molecule has 1 aromatic heterocycles. The molecule has 2 atom stereocenters. The van der Waals surface area contributed by atoms with Gasteiger partial charge in [0.25, 0.3) is 0 Å². The number of fused-ring (bicyclic) bond motifs is 1. The Morgan fingerprint density at radius 1 is 1.40 bits per heavy atom. The highest BCUT2D eigenvalue weighted by atomic mass is 14.9. The van der Waals surface area contributed by atoms with Gasteiger partial charge in [0.15, 0.2) is 5.69 Å². The second-order valence-corrected chi connectivity index (χ2v) is 5.71. The van der Waals surface area contributed by atoms with Gasteiger partial charge in [0.1, 0.15) is 0 Å². The Balaban J connectivity index is 1.85. The Kier molecular flexibility index (Phi) is 3.75. The summed E-state index contributed by atoms with van der Waals surface area (Å²) < 4.78 is 0. The van der Waals surface area contributed by atoms with Gasteiger partial charge >= 0.3 is 0 Å². The van der Waals surface area contributed by atoms with Gasteiger partial charge < -0.3 is 10.3 Å². The Hall–Kier alpha value is -1.79. The molecule has 1 aromatic carbocycles. The fourth-order valence-electron chi connectivity index (χ4n) is 3.50. The van der Waals surface area contributed by atoms with Crippen LogP contribution in [-0.4, -0.2) is 17.6 Å². The Labute approximate surface area is 120 Å². The van der Waals surface area contributed by atoms with Crippen LogP contribution in [0.3, 0.4) is 0 Å². The zero-order chi connectivity index (χ0) is 13.9. The van der Waals surface area contributed by atoms with Gasteiger partial charge in [-0.05, 0) is 54.8 Å². The molecule has 0 amide bonds. The van der Waals surface area contributed by atoms with Crippen LogP contribution in [0.2, 0.25) is 0 Å². The second kappa shape index (κ2) is 5.68. The highest BCUT2D eigenvalue weighted by Crippen LogP contribution is 2.32. The molecule has 2 N–H and O–H groups in total. The molecule has 3 nitrogen and oxygen atoms in total. The third-order valence-electron chi connectivity index (χ3n) is 4.49. The van der Waals surface area contributed by atoms with Crippen molar-refractivity contribution in [1.29, 1.82) is 0 Å². The van der Waals surface area contributed by atoms with E-state index in [4.69, 9.17) is 6.57 Å². The molecule has 0 radical (unpaired) electrons. The number of nitrogens with zero attached hydrogens (tertiary/aromatic N) is 1. The normalized spacial score (nSPS) is 22.2. The third-order valence-corrected chi connectivity index (χ3v) is 4.49. The summed E-state index contributed by atoms with van der Waals surface area (Å²) in [5.74, 6) is 0.727. The number of H-pyrrole nitrogens is 1. The highest BCUT2D eigenvalue weighted by Gasteiger charge is 2.27. The Morgan fingerprint density at radius 3 is 3.10 bits per heavy atom. The largest absolute Gasteiger partial charge is 0.361 e. The van der Waals surface area contributed by atoms with Crippen LogP contribution < -0.4 is 5.32 Å². The molecule has 20 heavy (non-hydrogen) atoms. The average Bonchev–Trinajstić information content (AvgIpc) is 3.07. The van der Waals surface area contributed by atoms with Crippen molar-refractivity contribution in [1.82, 2.24) is 10.3 Å². The lowest BCUT2D eigenvalue weighted by Crippen LogP contribution is -2.33. The summed E-state index contributed by atoms with van der Waals surface area (Å²) in [6.07, 6.45) is 7.18. The van der Waals surface area contributed by atoms with Crippen LogP contribution >= 0.6 is 0 Å². The van der Waals surface area contributed by atoms with Crippen LogP contribution in [0.4, 0.5) is 5.69 Å². The number of hydrogen-bond donors (Lipinski definition) is 2. The van der Waals surface area contributed by atoms with Crippen LogP contribution in [0.15, 0.2) is 24.4 Å². The first-order chi connectivity index (χ1) is 9.81. The van der Waals surface area contributed by atoms with Gasteiger partial charge in [-0.2, -0.15) is 0 Å². The van der Waals surface area contributed by atoms with E-state index in [1.54, 1.807) is 0 Å². The molecular weight excluding hydrogens is 246 g/mol. The minimum Gasteiger partial charge on any atom is -0.361 e. The minimum absolute atomic E-state index is 0.661. The van der Waals surface area contributed by atoms with E-state index in [0.29, 0.717) is 6.04 Å². The quantitative estimate of drug-likeness (QED) is 0.805. The monoisotopic (exact) mass is 267 g/mol. The molecule has 1 aliphatic rings. The molecule has 1 aliphatic carbocycles. The zero-order valence-electron chi connectivity index (χ0n) is 11.9.